The summed E-state index contributed by atoms with van der Waals surface area (Å²) < 4.78 is 10.4. The molecule has 142 valence electrons. The fourth-order valence-corrected chi connectivity index (χ4v) is 2.83. The van der Waals surface area contributed by atoms with Gasteiger partial charge in [0.15, 0.2) is 5.13 Å². The molecule has 1 heterocycles. The van der Waals surface area contributed by atoms with E-state index in [9.17, 15) is 9.59 Å². The highest BCUT2D eigenvalue weighted by Crippen LogP contribution is 2.21. The summed E-state index contributed by atoms with van der Waals surface area (Å²) in [5.41, 5.74) is -1.13. The molecule has 0 spiro atoms. The van der Waals surface area contributed by atoms with E-state index in [-0.39, 0.29) is 6.04 Å². The predicted octanol–water partition coefficient (Wildman–Crippen LogP) is 3.86. The molecule has 9 heteroatoms. The SMILES string of the molecule is CC(C)(C)OC(=O)Nc1ncc(CC(CS)NC(=O)OC(C)(C)C)s1. The normalized spacial score (nSPS) is 13.1. The van der Waals surface area contributed by atoms with Crippen molar-refractivity contribution in [3.05, 3.63) is 11.1 Å². The van der Waals surface area contributed by atoms with Gasteiger partial charge in [-0.2, -0.15) is 12.6 Å². The molecule has 0 aliphatic carbocycles. The van der Waals surface area contributed by atoms with Crippen LogP contribution in [-0.2, 0) is 15.9 Å². The Labute approximate surface area is 158 Å². The van der Waals surface area contributed by atoms with Crippen LogP contribution in [0.2, 0.25) is 0 Å². The van der Waals surface area contributed by atoms with Crippen LogP contribution in [0.15, 0.2) is 6.20 Å². The van der Waals surface area contributed by atoms with Gasteiger partial charge in [-0.05, 0) is 41.5 Å². The molecule has 0 aliphatic heterocycles. The number of amides is 2. The summed E-state index contributed by atoms with van der Waals surface area (Å²) in [5.74, 6) is 0.450. The van der Waals surface area contributed by atoms with Crippen molar-refractivity contribution < 1.29 is 19.1 Å². The Morgan fingerprint density at radius 3 is 2.24 bits per heavy atom. The van der Waals surface area contributed by atoms with Crippen LogP contribution in [0.1, 0.15) is 46.4 Å². The lowest BCUT2D eigenvalue weighted by molar-refractivity contribution is 0.0508. The first kappa shape index (κ1) is 21.6. The maximum Gasteiger partial charge on any atom is 0.413 e. The van der Waals surface area contributed by atoms with Gasteiger partial charge in [-0.1, -0.05) is 0 Å². The molecule has 1 aromatic rings. The monoisotopic (exact) mass is 389 g/mol. The molecule has 25 heavy (non-hydrogen) atoms. The second-order valence-electron chi connectivity index (χ2n) is 7.49. The zero-order valence-electron chi connectivity index (χ0n) is 15.5. The van der Waals surface area contributed by atoms with Crippen molar-refractivity contribution in [1.82, 2.24) is 10.3 Å². The van der Waals surface area contributed by atoms with Gasteiger partial charge in [-0.3, -0.25) is 5.32 Å². The van der Waals surface area contributed by atoms with E-state index in [1.54, 1.807) is 47.7 Å². The van der Waals surface area contributed by atoms with Gasteiger partial charge in [0.1, 0.15) is 11.2 Å². The third-order valence-electron chi connectivity index (χ3n) is 2.55. The first-order valence-electron chi connectivity index (χ1n) is 7.93. The van der Waals surface area contributed by atoms with Gasteiger partial charge >= 0.3 is 12.2 Å². The fourth-order valence-electron chi connectivity index (χ4n) is 1.73. The molecule has 0 radical (unpaired) electrons. The largest absolute Gasteiger partial charge is 0.444 e. The second kappa shape index (κ2) is 8.75. The van der Waals surface area contributed by atoms with Crippen LogP contribution in [0.4, 0.5) is 14.7 Å². The quantitative estimate of drug-likeness (QED) is 0.666. The molecule has 0 aromatic carbocycles. The van der Waals surface area contributed by atoms with Crippen LogP contribution in [0.3, 0.4) is 0 Å². The Morgan fingerprint density at radius 1 is 1.16 bits per heavy atom. The molecule has 1 unspecified atom stereocenters. The van der Waals surface area contributed by atoms with Crippen molar-refractivity contribution in [2.45, 2.75) is 65.2 Å². The highest BCUT2D eigenvalue weighted by molar-refractivity contribution is 7.80. The molecule has 1 atom stereocenters. The smallest absolute Gasteiger partial charge is 0.413 e. The van der Waals surface area contributed by atoms with Crippen LogP contribution in [0, 0.1) is 0 Å². The van der Waals surface area contributed by atoms with E-state index in [4.69, 9.17) is 9.47 Å². The Bertz CT molecular complexity index is 591. The predicted molar refractivity (Wildman–Crippen MR) is 103 cm³/mol. The number of rotatable bonds is 5. The lowest BCUT2D eigenvalue weighted by Gasteiger charge is -2.22. The number of hydrogen-bond acceptors (Lipinski definition) is 7. The van der Waals surface area contributed by atoms with Gasteiger partial charge in [0.2, 0.25) is 0 Å². The first-order valence-corrected chi connectivity index (χ1v) is 9.38. The number of hydrogen-bond donors (Lipinski definition) is 3. The third-order valence-corrected chi connectivity index (χ3v) is 3.93. The third kappa shape index (κ3) is 9.54. The zero-order chi connectivity index (χ0) is 19.3. The fraction of sp³-hybridized carbons (Fsp3) is 0.688. The average Bonchev–Trinajstić information content (AvgIpc) is 2.80. The molecule has 0 saturated heterocycles. The molecule has 0 saturated carbocycles. The van der Waals surface area contributed by atoms with Crippen molar-refractivity contribution in [3.8, 4) is 0 Å². The molecule has 0 aliphatic rings. The van der Waals surface area contributed by atoms with E-state index < -0.39 is 23.4 Å². The van der Waals surface area contributed by atoms with Gasteiger partial charge in [-0.15, -0.1) is 11.3 Å². The number of anilines is 1. The molecule has 1 rings (SSSR count). The van der Waals surface area contributed by atoms with E-state index in [1.165, 1.54) is 11.3 Å². The topological polar surface area (TPSA) is 89.5 Å². The van der Waals surface area contributed by atoms with Crippen molar-refractivity contribution in [3.63, 3.8) is 0 Å². The summed E-state index contributed by atoms with van der Waals surface area (Å²) >= 11 is 5.59. The Hall–Kier alpha value is -1.48. The van der Waals surface area contributed by atoms with E-state index in [1.807, 2.05) is 0 Å². The molecule has 0 bridgehead atoms. The number of aromatic nitrogens is 1. The van der Waals surface area contributed by atoms with Crippen LogP contribution in [-0.4, -0.2) is 40.2 Å². The summed E-state index contributed by atoms with van der Waals surface area (Å²) in [4.78, 5) is 28.6. The van der Waals surface area contributed by atoms with Gasteiger partial charge in [0.25, 0.3) is 0 Å². The van der Waals surface area contributed by atoms with E-state index in [2.05, 4.69) is 28.2 Å². The van der Waals surface area contributed by atoms with Crippen molar-refractivity contribution >= 4 is 41.3 Å². The second-order valence-corrected chi connectivity index (χ2v) is 8.97. The highest BCUT2D eigenvalue weighted by Gasteiger charge is 2.20. The highest BCUT2D eigenvalue weighted by atomic mass is 32.1. The summed E-state index contributed by atoms with van der Waals surface area (Å²) in [5, 5.41) is 5.82. The van der Waals surface area contributed by atoms with E-state index in [0.29, 0.717) is 17.3 Å². The maximum absolute atomic E-state index is 11.8. The van der Waals surface area contributed by atoms with Gasteiger partial charge < -0.3 is 14.8 Å². The van der Waals surface area contributed by atoms with Crippen LogP contribution in [0.5, 0.6) is 0 Å². The van der Waals surface area contributed by atoms with Crippen LogP contribution in [0.25, 0.3) is 0 Å². The summed E-state index contributed by atoms with van der Waals surface area (Å²) in [7, 11) is 0. The molecule has 2 amide bonds. The zero-order valence-corrected chi connectivity index (χ0v) is 17.2. The number of alkyl carbamates (subject to hydrolysis) is 1. The Balaban J connectivity index is 2.57. The Kier molecular flexibility index (Phi) is 7.55. The number of carbonyl (C=O) groups excluding carboxylic acids is 2. The van der Waals surface area contributed by atoms with Crippen LogP contribution >= 0.6 is 24.0 Å². The summed E-state index contributed by atoms with van der Waals surface area (Å²) in [6.45, 7) is 10.8. The average molecular weight is 390 g/mol. The van der Waals surface area contributed by atoms with E-state index in [0.717, 1.165) is 4.88 Å². The standard InChI is InChI=1S/C16H27N3O4S2/c1-15(2,3)22-13(20)18-10(9-24)7-11-8-17-12(25-11)19-14(21)23-16(4,5)6/h8,10,24H,7,9H2,1-6H3,(H,18,20)(H,17,19,21). The Morgan fingerprint density at radius 2 is 1.72 bits per heavy atom. The van der Waals surface area contributed by atoms with Gasteiger partial charge in [0, 0.05) is 29.3 Å². The van der Waals surface area contributed by atoms with Gasteiger partial charge in [0.05, 0.1) is 0 Å². The van der Waals surface area contributed by atoms with E-state index >= 15 is 0 Å². The number of carbonyl (C=O) groups is 2. The number of ether oxygens (including phenoxy) is 2. The van der Waals surface area contributed by atoms with Crippen molar-refractivity contribution in [2.75, 3.05) is 11.1 Å². The van der Waals surface area contributed by atoms with Crippen molar-refractivity contribution in [1.29, 1.82) is 0 Å². The van der Waals surface area contributed by atoms with Crippen LogP contribution < -0.4 is 10.6 Å². The minimum atomic E-state index is -0.571. The molecule has 1 aromatic heterocycles. The molecule has 0 fully saturated rings. The number of nitrogens with one attached hydrogen (secondary N) is 2. The lowest BCUT2D eigenvalue weighted by atomic mass is 10.2. The minimum Gasteiger partial charge on any atom is -0.444 e. The molecule has 2 N–H and O–H groups in total. The van der Waals surface area contributed by atoms with Crippen molar-refractivity contribution in [2.24, 2.45) is 0 Å². The molecular formula is C16H27N3O4S2. The molecular weight excluding hydrogens is 362 g/mol. The summed E-state index contributed by atoms with van der Waals surface area (Å²) in [6, 6.07) is -0.201. The number of thiol groups is 1. The summed E-state index contributed by atoms with van der Waals surface area (Å²) in [6.07, 6.45) is 1.16. The lowest BCUT2D eigenvalue weighted by Crippen LogP contribution is -2.41. The first-order chi connectivity index (χ1) is 11.4. The molecule has 7 nitrogen and oxygen atoms in total. The number of thiazole rings is 1. The minimum absolute atomic E-state index is 0.201. The number of nitrogens with zero attached hydrogens (tertiary/aromatic N) is 1. The van der Waals surface area contributed by atoms with Gasteiger partial charge in [-0.25, -0.2) is 14.6 Å². The maximum atomic E-state index is 11.8.